The smallest absolute Gasteiger partial charge is 0.264 e. The van der Waals surface area contributed by atoms with E-state index in [0.717, 1.165) is 27.8 Å². The van der Waals surface area contributed by atoms with Crippen molar-refractivity contribution in [2.24, 2.45) is 4.99 Å². The van der Waals surface area contributed by atoms with Crippen molar-refractivity contribution in [1.82, 2.24) is 5.32 Å². The quantitative estimate of drug-likeness (QED) is 0.275. The molecule has 0 radical (unpaired) electrons. The summed E-state index contributed by atoms with van der Waals surface area (Å²) in [5.74, 6) is 1.03. The Morgan fingerprint density at radius 1 is 1.00 bits per heavy atom. The summed E-state index contributed by atoms with van der Waals surface area (Å²) < 4.78 is 11.7. The van der Waals surface area contributed by atoms with E-state index in [9.17, 15) is 4.79 Å². The molecule has 0 bridgehead atoms. The minimum Gasteiger partial charge on any atom is -0.493 e. The standard InChI is InChI=1S/C29H23ClN2O3S/c1-18-10-12-22(30)16-24(18)31-29-32-28(33)27(36-29)15-19-11-13-25(26(14-19)34-2)35-17-21-8-5-7-20-6-3-4-9-23(20)21/h3-16H,17H2,1-2H3,(H,31,32,33)/b27-15-. The van der Waals surface area contributed by atoms with E-state index in [4.69, 9.17) is 21.1 Å². The summed E-state index contributed by atoms with van der Waals surface area (Å²) in [6, 6.07) is 25.5. The zero-order valence-corrected chi connectivity index (χ0v) is 21.3. The highest BCUT2D eigenvalue weighted by Crippen LogP contribution is 2.34. The second kappa shape index (κ2) is 10.5. The summed E-state index contributed by atoms with van der Waals surface area (Å²) in [7, 11) is 1.60. The Hall–Kier alpha value is -3.74. The lowest BCUT2D eigenvalue weighted by molar-refractivity contribution is -0.115. The third kappa shape index (κ3) is 5.25. The van der Waals surface area contributed by atoms with Crippen LogP contribution in [-0.2, 0) is 11.4 Å². The van der Waals surface area contributed by atoms with Crippen molar-refractivity contribution in [3.8, 4) is 11.5 Å². The van der Waals surface area contributed by atoms with Crippen LogP contribution in [0.2, 0.25) is 5.02 Å². The maximum absolute atomic E-state index is 12.6. The highest BCUT2D eigenvalue weighted by atomic mass is 35.5. The van der Waals surface area contributed by atoms with Crippen LogP contribution in [-0.4, -0.2) is 18.2 Å². The minimum atomic E-state index is -0.200. The summed E-state index contributed by atoms with van der Waals surface area (Å²) in [5.41, 5.74) is 3.62. The molecule has 7 heteroatoms. The molecule has 1 aliphatic heterocycles. The Kier molecular flexibility index (Phi) is 6.98. The van der Waals surface area contributed by atoms with Gasteiger partial charge in [-0.15, -0.1) is 0 Å². The number of amides is 1. The summed E-state index contributed by atoms with van der Waals surface area (Å²) in [6.07, 6.45) is 1.81. The van der Waals surface area contributed by atoms with Crippen LogP contribution in [0.15, 0.2) is 88.8 Å². The fourth-order valence-corrected chi connectivity index (χ4v) is 4.91. The maximum atomic E-state index is 12.6. The van der Waals surface area contributed by atoms with Crippen LogP contribution in [0.5, 0.6) is 11.5 Å². The van der Waals surface area contributed by atoms with Gasteiger partial charge in [-0.2, -0.15) is 0 Å². The first-order valence-electron chi connectivity index (χ1n) is 11.3. The fourth-order valence-electron chi connectivity index (χ4n) is 3.91. The lowest BCUT2D eigenvalue weighted by Crippen LogP contribution is -2.19. The number of nitrogens with one attached hydrogen (secondary N) is 1. The van der Waals surface area contributed by atoms with Gasteiger partial charge in [0.2, 0.25) is 0 Å². The molecule has 0 aliphatic carbocycles. The van der Waals surface area contributed by atoms with E-state index in [-0.39, 0.29) is 5.91 Å². The van der Waals surface area contributed by atoms with E-state index in [1.165, 1.54) is 17.1 Å². The zero-order chi connectivity index (χ0) is 25.1. The van der Waals surface area contributed by atoms with Crippen molar-refractivity contribution >= 4 is 57.0 Å². The van der Waals surface area contributed by atoms with Crippen molar-refractivity contribution in [3.63, 3.8) is 0 Å². The van der Waals surface area contributed by atoms with Crippen molar-refractivity contribution in [2.75, 3.05) is 7.11 Å². The van der Waals surface area contributed by atoms with Gasteiger partial charge in [-0.3, -0.25) is 4.79 Å². The molecule has 1 fully saturated rings. The molecule has 36 heavy (non-hydrogen) atoms. The third-order valence-corrected chi connectivity index (χ3v) is 6.94. The number of methoxy groups -OCH3 is 1. The van der Waals surface area contributed by atoms with Gasteiger partial charge in [0.15, 0.2) is 16.7 Å². The lowest BCUT2D eigenvalue weighted by Gasteiger charge is -2.13. The van der Waals surface area contributed by atoms with Gasteiger partial charge < -0.3 is 14.8 Å². The van der Waals surface area contributed by atoms with E-state index in [1.54, 1.807) is 13.2 Å². The molecule has 1 amide bonds. The Morgan fingerprint density at radius 2 is 1.83 bits per heavy atom. The molecule has 4 aromatic rings. The average Bonchev–Trinajstić information content (AvgIpc) is 3.23. The topological polar surface area (TPSA) is 59.9 Å². The lowest BCUT2D eigenvalue weighted by atomic mass is 10.1. The van der Waals surface area contributed by atoms with Crippen LogP contribution in [0, 0.1) is 6.92 Å². The number of benzene rings is 4. The van der Waals surface area contributed by atoms with E-state index < -0.39 is 0 Å². The molecule has 1 aliphatic rings. The molecule has 1 N–H and O–H groups in total. The van der Waals surface area contributed by atoms with Crippen molar-refractivity contribution < 1.29 is 14.3 Å². The van der Waals surface area contributed by atoms with E-state index in [1.807, 2.05) is 61.5 Å². The normalized spacial score (nSPS) is 15.5. The monoisotopic (exact) mass is 514 g/mol. The van der Waals surface area contributed by atoms with Gasteiger partial charge in [0.1, 0.15) is 6.61 Å². The summed E-state index contributed by atoms with van der Waals surface area (Å²) in [4.78, 5) is 17.7. The van der Waals surface area contributed by atoms with Crippen molar-refractivity contribution in [2.45, 2.75) is 13.5 Å². The number of ether oxygens (including phenoxy) is 2. The number of nitrogens with zero attached hydrogens (tertiary/aromatic N) is 1. The Bertz CT molecular complexity index is 1530. The number of halogens is 1. The molecule has 4 aromatic carbocycles. The average molecular weight is 515 g/mol. The maximum Gasteiger partial charge on any atom is 0.264 e. The molecule has 1 saturated heterocycles. The predicted octanol–water partition coefficient (Wildman–Crippen LogP) is 7.28. The number of fused-ring (bicyclic) bond motifs is 1. The number of aliphatic imine (C=N–C) groups is 1. The highest BCUT2D eigenvalue weighted by Gasteiger charge is 2.24. The molecular formula is C29H23ClN2O3S. The summed E-state index contributed by atoms with van der Waals surface area (Å²) in [6.45, 7) is 2.36. The third-order valence-electron chi connectivity index (χ3n) is 5.79. The molecule has 0 unspecified atom stereocenters. The molecule has 0 spiro atoms. The van der Waals surface area contributed by atoms with E-state index in [2.05, 4.69) is 34.6 Å². The number of hydrogen-bond acceptors (Lipinski definition) is 5. The number of carbonyl (C=O) groups is 1. The van der Waals surface area contributed by atoms with Crippen LogP contribution in [0.3, 0.4) is 0 Å². The second-order valence-corrected chi connectivity index (χ2v) is 9.72. The van der Waals surface area contributed by atoms with Gasteiger partial charge in [-0.05, 0) is 76.5 Å². The van der Waals surface area contributed by atoms with Crippen LogP contribution in [0.1, 0.15) is 16.7 Å². The van der Waals surface area contributed by atoms with Crippen LogP contribution in [0.25, 0.3) is 16.8 Å². The molecule has 0 atom stereocenters. The number of rotatable bonds is 6. The Balaban J connectivity index is 1.34. The molecule has 180 valence electrons. The molecular weight excluding hydrogens is 492 g/mol. The fraction of sp³-hybridized carbons (Fsp3) is 0.103. The highest BCUT2D eigenvalue weighted by molar-refractivity contribution is 8.18. The number of amidine groups is 1. The zero-order valence-electron chi connectivity index (χ0n) is 19.7. The van der Waals surface area contributed by atoms with E-state index >= 15 is 0 Å². The predicted molar refractivity (Wildman–Crippen MR) is 148 cm³/mol. The van der Waals surface area contributed by atoms with Gasteiger partial charge in [0, 0.05) is 5.02 Å². The Morgan fingerprint density at radius 3 is 2.69 bits per heavy atom. The van der Waals surface area contributed by atoms with Gasteiger partial charge >= 0.3 is 0 Å². The first-order valence-corrected chi connectivity index (χ1v) is 12.5. The molecule has 5 nitrogen and oxygen atoms in total. The van der Waals surface area contributed by atoms with E-state index in [0.29, 0.717) is 33.2 Å². The second-order valence-electron chi connectivity index (χ2n) is 8.25. The van der Waals surface area contributed by atoms with Gasteiger partial charge in [0.05, 0.1) is 17.7 Å². The van der Waals surface area contributed by atoms with Crippen molar-refractivity contribution in [1.29, 1.82) is 0 Å². The largest absolute Gasteiger partial charge is 0.493 e. The van der Waals surface area contributed by atoms with Crippen molar-refractivity contribution in [3.05, 3.63) is 105 Å². The number of carbonyl (C=O) groups excluding carboxylic acids is 1. The van der Waals surface area contributed by atoms with Crippen LogP contribution < -0.4 is 14.8 Å². The SMILES string of the molecule is COc1cc(/C=C2\SC(=Nc3cc(Cl)ccc3C)NC2=O)ccc1OCc1cccc2ccccc12. The molecule has 1 heterocycles. The van der Waals surface area contributed by atoms with Gasteiger partial charge in [0.25, 0.3) is 5.91 Å². The number of hydrogen-bond donors (Lipinski definition) is 1. The Labute approximate surface area is 218 Å². The summed E-state index contributed by atoms with van der Waals surface area (Å²) in [5, 5.41) is 6.27. The van der Waals surface area contributed by atoms with Crippen LogP contribution >= 0.6 is 23.4 Å². The molecule has 0 saturated carbocycles. The summed E-state index contributed by atoms with van der Waals surface area (Å²) >= 11 is 7.38. The van der Waals surface area contributed by atoms with Gasteiger partial charge in [-0.1, -0.05) is 66.2 Å². The number of thioether (sulfide) groups is 1. The molecule has 0 aromatic heterocycles. The van der Waals surface area contributed by atoms with Crippen LogP contribution in [0.4, 0.5) is 5.69 Å². The minimum absolute atomic E-state index is 0.200. The number of aryl methyl sites for hydroxylation is 1. The first kappa shape index (κ1) is 24.0. The molecule has 5 rings (SSSR count). The van der Waals surface area contributed by atoms with Gasteiger partial charge in [-0.25, -0.2) is 4.99 Å². The first-order chi connectivity index (χ1) is 17.5.